The minimum Gasteiger partial charge on any atom is -0.478 e. The number of aromatic nitrogens is 1. The number of carbonyl (C=O) groups is 1. The third-order valence-corrected chi connectivity index (χ3v) is 2.44. The van der Waals surface area contributed by atoms with E-state index in [1.807, 2.05) is 6.92 Å². The van der Waals surface area contributed by atoms with E-state index in [1.165, 1.54) is 18.3 Å². The Morgan fingerprint density at radius 3 is 2.65 bits per heavy atom. The van der Waals surface area contributed by atoms with Crippen LogP contribution in [-0.2, 0) is 0 Å². The molecular weight excluding hydrogens is 221 g/mol. The molecule has 3 nitrogen and oxygen atoms in total. The second-order valence-corrected chi connectivity index (χ2v) is 3.69. The lowest BCUT2D eigenvalue weighted by Crippen LogP contribution is -1.97. The molecule has 2 rings (SSSR count). The topological polar surface area (TPSA) is 50.2 Å². The Bertz CT molecular complexity index is 564. The van der Waals surface area contributed by atoms with Gasteiger partial charge in [0, 0.05) is 23.0 Å². The molecule has 0 saturated carbocycles. The summed E-state index contributed by atoms with van der Waals surface area (Å²) in [6.07, 6.45) is 1.53. The molecule has 1 N–H and O–H groups in total. The van der Waals surface area contributed by atoms with Crippen LogP contribution in [-0.4, -0.2) is 16.1 Å². The number of aryl methyl sites for hydroxylation is 1. The summed E-state index contributed by atoms with van der Waals surface area (Å²) < 4.78 is 13.6. The third-order valence-electron chi connectivity index (χ3n) is 2.44. The summed E-state index contributed by atoms with van der Waals surface area (Å²) in [5, 5.41) is 8.85. The van der Waals surface area contributed by atoms with Gasteiger partial charge in [-0.25, -0.2) is 9.18 Å². The number of nitrogens with zero attached hydrogens (tertiary/aromatic N) is 1. The highest BCUT2D eigenvalue weighted by atomic mass is 19.1. The summed E-state index contributed by atoms with van der Waals surface area (Å²) in [5.74, 6) is -1.54. The van der Waals surface area contributed by atoms with Crippen molar-refractivity contribution in [2.24, 2.45) is 0 Å². The van der Waals surface area contributed by atoms with Gasteiger partial charge < -0.3 is 5.11 Å². The number of hydrogen-bond acceptors (Lipinski definition) is 2. The highest BCUT2D eigenvalue weighted by Gasteiger charge is 2.10. The van der Waals surface area contributed by atoms with E-state index in [-0.39, 0.29) is 11.1 Å². The summed E-state index contributed by atoms with van der Waals surface area (Å²) in [7, 11) is 0. The second-order valence-electron chi connectivity index (χ2n) is 3.69. The Morgan fingerprint density at radius 1 is 1.29 bits per heavy atom. The quantitative estimate of drug-likeness (QED) is 0.864. The Hall–Kier alpha value is -2.23. The van der Waals surface area contributed by atoms with Crippen molar-refractivity contribution in [3.8, 4) is 11.1 Å². The predicted octanol–water partition coefficient (Wildman–Crippen LogP) is 2.89. The zero-order chi connectivity index (χ0) is 12.4. The van der Waals surface area contributed by atoms with Crippen LogP contribution in [0.15, 0.2) is 36.5 Å². The van der Waals surface area contributed by atoms with Crippen LogP contribution in [0.2, 0.25) is 0 Å². The standard InChI is InChI=1S/C13H10FNO2/c1-8-2-3-10(7-15-8)11-6-9(13(16)17)4-5-12(11)14/h2-7H,1H3,(H,16,17). The van der Waals surface area contributed by atoms with Crippen molar-refractivity contribution < 1.29 is 14.3 Å². The zero-order valence-corrected chi connectivity index (χ0v) is 9.14. The van der Waals surface area contributed by atoms with E-state index in [2.05, 4.69) is 4.98 Å². The number of benzene rings is 1. The first-order valence-corrected chi connectivity index (χ1v) is 5.04. The molecular formula is C13H10FNO2. The fraction of sp³-hybridized carbons (Fsp3) is 0.0769. The van der Waals surface area contributed by atoms with E-state index < -0.39 is 11.8 Å². The SMILES string of the molecule is Cc1ccc(-c2cc(C(=O)O)ccc2F)cn1. The Balaban J connectivity index is 2.54. The molecule has 0 fully saturated rings. The largest absolute Gasteiger partial charge is 0.478 e. The minimum atomic E-state index is -1.08. The number of halogens is 1. The number of aromatic carboxylic acids is 1. The molecule has 1 aromatic carbocycles. The highest BCUT2D eigenvalue weighted by molar-refractivity contribution is 5.89. The van der Waals surface area contributed by atoms with Crippen LogP contribution in [0.4, 0.5) is 4.39 Å². The lowest BCUT2D eigenvalue weighted by Gasteiger charge is -2.04. The lowest BCUT2D eigenvalue weighted by atomic mass is 10.0. The molecule has 0 atom stereocenters. The molecule has 0 spiro atoms. The molecule has 0 aliphatic carbocycles. The van der Waals surface area contributed by atoms with Gasteiger partial charge in [-0.2, -0.15) is 0 Å². The van der Waals surface area contributed by atoms with E-state index in [0.29, 0.717) is 5.56 Å². The van der Waals surface area contributed by atoms with Crippen LogP contribution in [0, 0.1) is 12.7 Å². The first kappa shape index (κ1) is 11.3. The van der Waals surface area contributed by atoms with Gasteiger partial charge in [-0.05, 0) is 31.2 Å². The van der Waals surface area contributed by atoms with Crippen molar-refractivity contribution in [2.75, 3.05) is 0 Å². The number of hydrogen-bond donors (Lipinski definition) is 1. The van der Waals surface area contributed by atoms with E-state index in [0.717, 1.165) is 11.8 Å². The van der Waals surface area contributed by atoms with Gasteiger partial charge in [-0.15, -0.1) is 0 Å². The smallest absolute Gasteiger partial charge is 0.335 e. The maximum atomic E-state index is 13.6. The first-order valence-electron chi connectivity index (χ1n) is 5.04. The molecule has 0 radical (unpaired) electrons. The summed E-state index contributed by atoms with van der Waals surface area (Å²) in [6.45, 7) is 1.83. The van der Waals surface area contributed by atoms with Crippen LogP contribution in [0.3, 0.4) is 0 Å². The average molecular weight is 231 g/mol. The molecule has 1 aromatic heterocycles. The van der Waals surface area contributed by atoms with Gasteiger partial charge in [0.1, 0.15) is 5.82 Å². The Kier molecular flexibility index (Phi) is 2.87. The van der Waals surface area contributed by atoms with Gasteiger partial charge in [-0.1, -0.05) is 6.07 Å². The number of carboxylic acid groups (broad SMARTS) is 1. The van der Waals surface area contributed by atoms with Crippen LogP contribution in [0.25, 0.3) is 11.1 Å². The molecule has 1 heterocycles. The van der Waals surface area contributed by atoms with Crippen molar-refractivity contribution in [1.82, 2.24) is 4.98 Å². The van der Waals surface area contributed by atoms with Crippen LogP contribution < -0.4 is 0 Å². The van der Waals surface area contributed by atoms with Crippen molar-refractivity contribution in [2.45, 2.75) is 6.92 Å². The van der Waals surface area contributed by atoms with E-state index >= 15 is 0 Å². The number of carboxylic acids is 1. The van der Waals surface area contributed by atoms with Crippen molar-refractivity contribution in [1.29, 1.82) is 0 Å². The minimum absolute atomic E-state index is 0.0574. The first-order chi connectivity index (χ1) is 8.08. The molecule has 0 unspecified atom stereocenters. The van der Waals surface area contributed by atoms with Gasteiger partial charge in [-0.3, -0.25) is 4.98 Å². The predicted molar refractivity (Wildman–Crippen MR) is 61.3 cm³/mol. The molecule has 0 aliphatic rings. The van der Waals surface area contributed by atoms with Crippen molar-refractivity contribution in [3.05, 3.63) is 53.6 Å². The number of pyridine rings is 1. The maximum absolute atomic E-state index is 13.6. The van der Waals surface area contributed by atoms with E-state index in [9.17, 15) is 9.18 Å². The summed E-state index contributed by atoms with van der Waals surface area (Å²) in [5.41, 5.74) is 1.69. The molecule has 2 aromatic rings. The van der Waals surface area contributed by atoms with E-state index in [1.54, 1.807) is 12.1 Å². The fourth-order valence-corrected chi connectivity index (χ4v) is 1.51. The monoisotopic (exact) mass is 231 g/mol. The summed E-state index contributed by atoms with van der Waals surface area (Å²) in [4.78, 5) is 14.9. The van der Waals surface area contributed by atoms with Gasteiger partial charge in [0.2, 0.25) is 0 Å². The molecule has 0 amide bonds. The average Bonchev–Trinajstić information content (AvgIpc) is 2.31. The molecule has 86 valence electrons. The Labute approximate surface area is 97.6 Å². The fourth-order valence-electron chi connectivity index (χ4n) is 1.51. The van der Waals surface area contributed by atoms with Gasteiger partial charge in [0.25, 0.3) is 0 Å². The Morgan fingerprint density at radius 2 is 2.06 bits per heavy atom. The normalized spacial score (nSPS) is 10.2. The van der Waals surface area contributed by atoms with E-state index in [4.69, 9.17) is 5.11 Å². The molecule has 17 heavy (non-hydrogen) atoms. The van der Waals surface area contributed by atoms with Crippen LogP contribution in [0.5, 0.6) is 0 Å². The zero-order valence-electron chi connectivity index (χ0n) is 9.14. The molecule has 0 bridgehead atoms. The van der Waals surface area contributed by atoms with Gasteiger partial charge >= 0.3 is 5.97 Å². The second kappa shape index (κ2) is 4.33. The van der Waals surface area contributed by atoms with Crippen LogP contribution >= 0.6 is 0 Å². The van der Waals surface area contributed by atoms with Crippen LogP contribution in [0.1, 0.15) is 16.1 Å². The number of rotatable bonds is 2. The van der Waals surface area contributed by atoms with Crippen molar-refractivity contribution in [3.63, 3.8) is 0 Å². The molecule has 0 aliphatic heterocycles. The summed E-state index contributed by atoms with van der Waals surface area (Å²) in [6, 6.07) is 7.17. The molecule has 0 saturated heterocycles. The van der Waals surface area contributed by atoms with Crippen molar-refractivity contribution >= 4 is 5.97 Å². The highest BCUT2D eigenvalue weighted by Crippen LogP contribution is 2.23. The molecule has 4 heteroatoms. The summed E-state index contributed by atoms with van der Waals surface area (Å²) >= 11 is 0. The third kappa shape index (κ3) is 2.30. The lowest BCUT2D eigenvalue weighted by molar-refractivity contribution is 0.0697. The maximum Gasteiger partial charge on any atom is 0.335 e. The van der Waals surface area contributed by atoms with Gasteiger partial charge in [0.15, 0.2) is 0 Å². The van der Waals surface area contributed by atoms with Gasteiger partial charge in [0.05, 0.1) is 5.56 Å².